The largest absolute Gasteiger partial charge is 0.489 e. The van der Waals surface area contributed by atoms with E-state index in [2.05, 4.69) is 27.3 Å². The normalized spacial score (nSPS) is 15.8. The second-order valence-corrected chi connectivity index (χ2v) is 7.03. The summed E-state index contributed by atoms with van der Waals surface area (Å²) in [6.45, 7) is 1.21. The number of rotatable bonds is 5. The van der Waals surface area contributed by atoms with Crippen molar-refractivity contribution in [3.8, 4) is 5.75 Å². The van der Waals surface area contributed by atoms with Gasteiger partial charge in [0.05, 0.1) is 18.2 Å². The quantitative estimate of drug-likeness (QED) is 0.744. The molecule has 132 valence electrons. The van der Waals surface area contributed by atoms with Gasteiger partial charge >= 0.3 is 0 Å². The minimum atomic E-state index is -0.0500. The number of benzene rings is 2. The first-order valence-corrected chi connectivity index (χ1v) is 9.39. The van der Waals surface area contributed by atoms with Crippen LogP contribution in [0.25, 0.3) is 0 Å². The smallest absolute Gasteiger partial charge is 0.228 e. The summed E-state index contributed by atoms with van der Waals surface area (Å²) in [4.78, 5) is 18.8. The molecule has 2 heterocycles. The molecule has 1 aliphatic rings. The Kier molecular flexibility index (Phi) is 4.84. The van der Waals surface area contributed by atoms with Crippen molar-refractivity contribution >= 4 is 28.1 Å². The van der Waals surface area contributed by atoms with Crippen LogP contribution in [-0.4, -0.2) is 23.5 Å². The maximum atomic E-state index is 12.5. The minimum absolute atomic E-state index is 0.0370. The molecule has 1 aliphatic heterocycles. The van der Waals surface area contributed by atoms with Gasteiger partial charge in [-0.05, 0) is 17.7 Å². The van der Waals surface area contributed by atoms with Gasteiger partial charge in [-0.15, -0.1) is 11.3 Å². The Morgan fingerprint density at radius 1 is 1.19 bits per heavy atom. The summed E-state index contributed by atoms with van der Waals surface area (Å²) in [5.74, 6) is 0.811. The Bertz CT molecular complexity index is 868. The van der Waals surface area contributed by atoms with Gasteiger partial charge in [-0.1, -0.05) is 42.5 Å². The van der Waals surface area contributed by atoms with E-state index in [1.807, 2.05) is 47.8 Å². The summed E-state index contributed by atoms with van der Waals surface area (Å²) in [5, 5.41) is 5.33. The molecule has 26 heavy (non-hydrogen) atoms. The van der Waals surface area contributed by atoms with E-state index in [1.165, 1.54) is 16.9 Å². The number of hydrogen-bond acceptors (Lipinski definition) is 5. The highest BCUT2D eigenvalue weighted by Crippen LogP contribution is 2.35. The summed E-state index contributed by atoms with van der Waals surface area (Å²) in [5.41, 5.74) is 2.23. The van der Waals surface area contributed by atoms with Gasteiger partial charge in [0.2, 0.25) is 5.91 Å². The van der Waals surface area contributed by atoms with Crippen molar-refractivity contribution in [1.82, 2.24) is 4.98 Å². The number of nitrogens with zero attached hydrogens (tertiary/aromatic N) is 2. The van der Waals surface area contributed by atoms with Crippen molar-refractivity contribution in [1.29, 1.82) is 0 Å². The van der Waals surface area contributed by atoms with E-state index in [0.29, 0.717) is 18.2 Å². The molecule has 0 radical (unpaired) electrons. The zero-order valence-electron chi connectivity index (χ0n) is 14.2. The van der Waals surface area contributed by atoms with Crippen LogP contribution in [0.15, 0.2) is 66.2 Å². The lowest BCUT2D eigenvalue weighted by molar-refractivity contribution is -0.116. The molecule has 1 aromatic heterocycles. The zero-order chi connectivity index (χ0) is 17.8. The van der Waals surface area contributed by atoms with E-state index in [4.69, 9.17) is 4.74 Å². The Balaban J connectivity index is 1.55. The number of fused-ring (bicyclic) bond motifs is 1. The van der Waals surface area contributed by atoms with E-state index in [-0.39, 0.29) is 11.9 Å². The number of carbonyl (C=O) groups is 1. The number of ether oxygens (including phenoxy) is 1. The topological polar surface area (TPSA) is 54.5 Å². The SMILES string of the molecule is O=C(C[C@@H]1COc2ccccc2N1Cc1ccccc1)Nc1nccs1. The highest BCUT2D eigenvalue weighted by Gasteiger charge is 2.29. The zero-order valence-corrected chi connectivity index (χ0v) is 15.0. The summed E-state index contributed by atoms with van der Waals surface area (Å²) >= 11 is 1.42. The van der Waals surface area contributed by atoms with Gasteiger partial charge < -0.3 is 15.0 Å². The Labute approximate surface area is 156 Å². The highest BCUT2D eigenvalue weighted by molar-refractivity contribution is 7.13. The van der Waals surface area contributed by atoms with Crippen molar-refractivity contribution in [3.63, 3.8) is 0 Å². The maximum absolute atomic E-state index is 12.5. The second-order valence-electron chi connectivity index (χ2n) is 6.14. The minimum Gasteiger partial charge on any atom is -0.489 e. The predicted molar refractivity (Wildman–Crippen MR) is 104 cm³/mol. The molecule has 0 spiro atoms. The van der Waals surface area contributed by atoms with Gasteiger partial charge in [0.15, 0.2) is 5.13 Å². The van der Waals surface area contributed by atoms with Gasteiger partial charge in [-0.3, -0.25) is 4.79 Å². The van der Waals surface area contributed by atoms with Crippen LogP contribution in [0.5, 0.6) is 5.75 Å². The summed E-state index contributed by atoms with van der Waals surface area (Å²) in [7, 11) is 0. The molecule has 5 nitrogen and oxygen atoms in total. The van der Waals surface area contributed by atoms with Crippen LogP contribution in [0.4, 0.5) is 10.8 Å². The molecule has 0 unspecified atom stereocenters. The number of hydrogen-bond donors (Lipinski definition) is 1. The number of nitrogens with one attached hydrogen (secondary N) is 1. The molecular formula is C20H19N3O2S. The van der Waals surface area contributed by atoms with Crippen molar-refractivity contribution < 1.29 is 9.53 Å². The maximum Gasteiger partial charge on any atom is 0.228 e. The monoisotopic (exact) mass is 365 g/mol. The van der Waals surface area contributed by atoms with E-state index >= 15 is 0 Å². The second kappa shape index (κ2) is 7.58. The third kappa shape index (κ3) is 3.70. The fourth-order valence-electron chi connectivity index (χ4n) is 3.12. The number of anilines is 2. The van der Waals surface area contributed by atoms with Crippen LogP contribution < -0.4 is 15.0 Å². The summed E-state index contributed by atoms with van der Waals surface area (Å²) < 4.78 is 5.91. The van der Waals surface area contributed by atoms with E-state index in [0.717, 1.165) is 18.0 Å². The fourth-order valence-corrected chi connectivity index (χ4v) is 3.67. The molecule has 0 fully saturated rings. The number of para-hydroxylation sites is 2. The molecule has 3 aromatic rings. The van der Waals surface area contributed by atoms with E-state index in [9.17, 15) is 4.79 Å². The van der Waals surface area contributed by atoms with Gasteiger partial charge in [0, 0.05) is 18.1 Å². The van der Waals surface area contributed by atoms with Gasteiger partial charge in [0.25, 0.3) is 0 Å². The van der Waals surface area contributed by atoms with Crippen LogP contribution in [0.2, 0.25) is 0 Å². The third-order valence-electron chi connectivity index (χ3n) is 4.34. The Hall–Kier alpha value is -2.86. The molecule has 0 saturated heterocycles. The molecule has 6 heteroatoms. The van der Waals surface area contributed by atoms with Crippen LogP contribution in [0.1, 0.15) is 12.0 Å². The number of amides is 1. The van der Waals surface area contributed by atoms with Crippen LogP contribution in [-0.2, 0) is 11.3 Å². The molecule has 1 atom stereocenters. The van der Waals surface area contributed by atoms with Crippen LogP contribution in [0.3, 0.4) is 0 Å². The number of aromatic nitrogens is 1. The summed E-state index contributed by atoms with van der Waals surface area (Å²) in [6, 6.07) is 18.2. The molecule has 1 amide bonds. The van der Waals surface area contributed by atoms with E-state index < -0.39 is 0 Å². The van der Waals surface area contributed by atoms with E-state index in [1.54, 1.807) is 6.20 Å². The Morgan fingerprint density at radius 2 is 2.00 bits per heavy atom. The summed E-state index contributed by atoms with van der Waals surface area (Å²) in [6.07, 6.45) is 2.03. The number of thiazole rings is 1. The lowest BCUT2D eigenvalue weighted by Crippen LogP contribution is -2.44. The molecule has 0 aliphatic carbocycles. The predicted octanol–water partition coefficient (Wildman–Crippen LogP) is 3.94. The highest BCUT2D eigenvalue weighted by atomic mass is 32.1. The van der Waals surface area contributed by atoms with Gasteiger partial charge in [-0.25, -0.2) is 4.98 Å². The molecule has 2 aromatic carbocycles. The average molecular weight is 365 g/mol. The molecule has 0 saturated carbocycles. The van der Waals surface area contributed by atoms with Crippen LogP contribution >= 0.6 is 11.3 Å². The van der Waals surface area contributed by atoms with Crippen molar-refractivity contribution in [2.75, 3.05) is 16.8 Å². The molecule has 1 N–H and O–H groups in total. The lowest BCUT2D eigenvalue weighted by Gasteiger charge is -2.38. The molecular weight excluding hydrogens is 346 g/mol. The fraction of sp³-hybridized carbons (Fsp3) is 0.200. The van der Waals surface area contributed by atoms with Crippen molar-refractivity contribution in [3.05, 3.63) is 71.7 Å². The van der Waals surface area contributed by atoms with Crippen molar-refractivity contribution in [2.24, 2.45) is 0 Å². The molecule has 4 rings (SSSR count). The molecule has 0 bridgehead atoms. The first-order chi connectivity index (χ1) is 12.8. The first-order valence-electron chi connectivity index (χ1n) is 8.51. The van der Waals surface area contributed by atoms with Crippen LogP contribution in [0, 0.1) is 0 Å². The third-order valence-corrected chi connectivity index (χ3v) is 5.03. The average Bonchev–Trinajstić information content (AvgIpc) is 3.17. The lowest BCUT2D eigenvalue weighted by atomic mass is 10.1. The van der Waals surface area contributed by atoms with Gasteiger partial charge in [0.1, 0.15) is 12.4 Å². The number of carbonyl (C=O) groups excluding carboxylic acids is 1. The standard InChI is InChI=1S/C20H19N3O2S/c24-19(22-20-21-10-11-26-20)12-16-14-25-18-9-5-4-8-17(18)23(16)13-15-6-2-1-3-7-15/h1-11,16H,12-14H2,(H,21,22,24)/t16-/m1/s1. The van der Waals surface area contributed by atoms with Crippen molar-refractivity contribution in [2.45, 2.75) is 19.0 Å². The van der Waals surface area contributed by atoms with Gasteiger partial charge in [-0.2, -0.15) is 0 Å². The Morgan fingerprint density at radius 3 is 2.81 bits per heavy atom. The first kappa shape index (κ1) is 16.6.